The molecule has 0 aromatic heterocycles. The first kappa shape index (κ1) is 12.9. The van der Waals surface area contributed by atoms with Crippen molar-refractivity contribution in [2.24, 2.45) is 5.92 Å². The van der Waals surface area contributed by atoms with Crippen molar-refractivity contribution < 1.29 is 4.79 Å². The molecule has 0 N–H and O–H groups in total. The SMILES string of the molecule is C=CCN(P)CC(=O)C1CCCCCC1. The van der Waals surface area contributed by atoms with E-state index in [4.69, 9.17) is 0 Å². The van der Waals surface area contributed by atoms with E-state index in [0.29, 0.717) is 18.2 Å². The topological polar surface area (TPSA) is 20.3 Å². The fourth-order valence-corrected chi connectivity index (χ4v) is 2.49. The second-order valence-electron chi connectivity index (χ2n) is 4.37. The summed E-state index contributed by atoms with van der Waals surface area (Å²) in [6, 6.07) is 0. The van der Waals surface area contributed by atoms with Crippen LogP contribution in [0.15, 0.2) is 12.7 Å². The van der Waals surface area contributed by atoms with Gasteiger partial charge in [-0.25, -0.2) is 0 Å². The summed E-state index contributed by atoms with van der Waals surface area (Å²) >= 11 is 0. The van der Waals surface area contributed by atoms with Crippen LogP contribution in [0.4, 0.5) is 0 Å². The van der Waals surface area contributed by atoms with Gasteiger partial charge >= 0.3 is 0 Å². The maximum absolute atomic E-state index is 11.9. The Kier molecular flexibility index (Phi) is 6.12. The van der Waals surface area contributed by atoms with Crippen molar-refractivity contribution in [3.63, 3.8) is 0 Å². The molecule has 0 amide bonds. The van der Waals surface area contributed by atoms with E-state index in [0.717, 1.165) is 19.4 Å². The van der Waals surface area contributed by atoms with Crippen LogP contribution >= 0.6 is 9.39 Å². The average molecular weight is 227 g/mol. The van der Waals surface area contributed by atoms with Crippen molar-refractivity contribution in [1.82, 2.24) is 4.67 Å². The van der Waals surface area contributed by atoms with Crippen LogP contribution in [-0.4, -0.2) is 23.5 Å². The Morgan fingerprint density at radius 1 is 1.33 bits per heavy atom. The van der Waals surface area contributed by atoms with E-state index < -0.39 is 0 Å². The molecule has 1 rings (SSSR count). The molecule has 1 saturated carbocycles. The van der Waals surface area contributed by atoms with E-state index in [9.17, 15) is 4.79 Å². The van der Waals surface area contributed by atoms with Gasteiger partial charge < -0.3 is 0 Å². The van der Waals surface area contributed by atoms with Crippen molar-refractivity contribution in [2.45, 2.75) is 38.5 Å². The Morgan fingerprint density at radius 2 is 1.93 bits per heavy atom. The van der Waals surface area contributed by atoms with Gasteiger partial charge in [-0.15, -0.1) is 6.58 Å². The number of Topliss-reactive ketones (excluding diaryl/α,β-unsaturated/α-hetero) is 1. The fraction of sp³-hybridized carbons (Fsp3) is 0.750. The number of carbonyl (C=O) groups is 1. The lowest BCUT2D eigenvalue weighted by Crippen LogP contribution is -2.26. The molecule has 3 heteroatoms. The van der Waals surface area contributed by atoms with Crippen LogP contribution in [-0.2, 0) is 4.79 Å². The molecule has 1 atom stereocenters. The lowest BCUT2D eigenvalue weighted by atomic mass is 9.95. The second kappa shape index (κ2) is 7.14. The van der Waals surface area contributed by atoms with Crippen LogP contribution in [0.1, 0.15) is 38.5 Å². The summed E-state index contributed by atoms with van der Waals surface area (Å²) in [6.07, 6.45) is 9.11. The Morgan fingerprint density at radius 3 is 2.47 bits per heavy atom. The van der Waals surface area contributed by atoms with Gasteiger partial charge in [-0.05, 0) is 12.8 Å². The molecule has 2 nitrogen and oxygen atoms in total. The van der Waals surface area contributed by atoms with E-state index in [1.54, 1.807) is 0 Å². The van der Waals surface area contributed by atoms with Crippen LogP contribution in [0.3, 0.4) is 0 Å². The number of rotatable bonds is 5. The molecule has 15 heavy (non-hydrogen) atoms. The van der Waals surface area contributed by atoms with Crippen LogP contribution in [0.5, 0.6) is 0 Å². The lowest BCUT2D eigenvalue weighted by Gasteiger charge is -2.17. The lowest BCUT2D eigenvalue weighted by molar-refractivity contribution is -0.123. The number of hydrogen-bond donors (Lipinski definition) is 0. The van der Waals surface area contributed by atoms with Crippen LogP contribution < -0.4 is 0 Å². The summed E-state index contributed by atoms with van der Waals surface area (Å²) in [5.41, 5.74) is 0. The van der Waals surface area contributed by atoms with E-state index >= 15 is 0 Å². The molecule has 1 aliphatic carbocycles. The molecular weight excluding hydrogens is 205 g/mol. The summed E-state index contributed by atoms with van der Waals surface area (Å²) < 4.78 is 1.96. The molecule has 1 aliphatic rings. The molecule has 1 fully saturated rings. The Labute approximate surface area is 95.4 Å². The van der Waals surface area contributed by atoms with Crippen molar-refractivity contribution >= 4 is 15.2 Å². The molecule has 0 heterocycles. The standard InChI is InChI=1S/C12H22NOP/c1-2-9-13(15)10-12(14)11-7-5-3-4-6-8-11/h2,11H,1,3-10,15H2. The Balaban J connectivity index is 2.33. The maximum atomic E-state index is 11.9. The van der Waals surface area contributed by atoms with Gasteiger partial charge in [0, 0.05) is 12.5 Å². The predicted molar refractivity (Wildman–Crippen MR) is 67.7 cm³/mol. The van der Waals surface area contributed by atoms with Crippen LogP contribution in [0.25, 0.3) is 0 Å². The third-order valence-corrected chi connectivity index (χ3v) is 3.43. The van der Waals surface area contributed by atoms with Gasteiger partial charge in [0.15, 0.2) is 0 Å². The summed E-state index contributed by atoms with van der Waals surface area (Å²) in [6.45, 7) is 4.99. The van der Waals surface area contributed by atoms with E-state index in [1.165, 1.54) is 25.7 Å². The maximum Gasteiger partial charge on any atom is 0.150 e. The molecule has 1 unspecified atom stereocenters. The molecule has 86 valence electrons. The highest BCUT2D eigenvalue weighted by Crippen LogP contribution is 2.24. The van der Waals surface area contributed by atoms with Crippen molar-refractivity contribution in [2.75, 3.05) is 13.1 Å². The quantitative estimate of drug-likeness (QED) is 0.409. The van der Waals surface area contributed by atoms with Crippen molar-refractivity contribution in [1.29, 1.82) is 0 Å². The zero-order valence-electron chi connectivity index (χ0n) is 9.45. The van der Waals surface area contributed by atoms with Gasteiger partial charge in [0.25, 0.3) is 0 Å². The zero-order valence-corrected chi connectivity index (χ0v) is 10.6. The average Bonchev–Trinajstić information content (AvgIpc) is 2.45. The number of carbonyl (C=O) groups excluding carboxylic acids is 1. The van der Waals surface area contributed by atoms with Gasteiger partial charge in [-0.2, -0.15) is 0 Å². The molecular formula is C12H22NOP. The first-order chi connectivity index (χ1) is 7.24. The minimum Gasteiger partial charge on any atom is -0.298 e. The summed E-state index contributed by atoms with van der Waals surface area (Å²) in [5.74, 6) is 0.731. The Hall–Kier alpha value is -0.200. The highest BCUT2D eigenvalue weighted by atomic mass is 31.0. The van der Waals surface area contributed by atoms with Gasteiger partial charge in [-0.1, -0.05) is 41.1 Å². The fourth-order valence-electron chi connectivity index (χ4n) is 2.16. The van der Waals surface area contributed by atoms with E-state index in [1.807, 2.05) is 10.7 Å². The van der Waals surface area contributed by atoms with Crippen LogP contribution in [0, 0.1) is 5.92 Å². The first-order valence-electron chi connectivity index (χ1n) is 5.87. The zero-order chi connectivity index (χ0) is 11.1. The largest absolute Gasteiger partial charge is 0.298 e. The highest BCUT2D eigenvalue weighted by molar-refractivity contribution is 7.13. The third-order valence-electron chi connectivity index (χ3n) is 3.03. The molecule has 0 aliphatic heterocycles. The van der Waals surface area contributed by atoms with E-state index in [-0.39, 0.29) is 0 Å². The number of nitrogens with zero attached hydrogens (tertiary/aromatic N) is 1. The normalized spacial score (nSPS) is 18.8. The minimum absolute atomic E-state index is 0.320. The monoisotopic (exact) mass is 227 g/mol. The van der Waals surface area contributed by atoms with Gasteiger partial charge in [0.2, 0.25) is 0 Å². The smallest absolute Gasteiger partial charge is 0.150 e. The highest BCUT2D eigenvalue weighted by Gasteiger charge is 2.20. The Bertz CT molecular complexity index is 210. The molecule has 0 spiro atoms. The predicted octanol–water partition coefficient (Wildman–Crippen LogP) is 2.80. The van der Waals surface area contributed by atoms with Gasteiger partial charge in [0.1, 0.15) is 5.78 Å². The van der Waals surface area contributed by atoms with Gasteiger partial charge in [-0.3, -0.25) is 9.46 Å². The molecule has 0 saturated heterocycles. The minimum atomic E-state index is 0.320. The molecule has 0 bridgehead atoms. The first-order valence-corrected chi connectivity index (χ1v) is 6.39. The van der Waals surface area contributed by atoms with Crippen molar-refractivity contribution in [3.05, 3.63) is 12.7 Å². The molecule has 0 radical (unpaired) electrons. The summed E-state index contributed by atoms with van der Waals surface area (Å²) in [7, 11) is 2.60. The van der Waals surface area contributed by atoms with Crippen LogP contribution in [0.2, 0.25) is 0 Å². The van der Waals surface area contributed by atoms with E-state index in [2.05, 4.69) is 16.0 Å². The van der Waals surface area contributed by atoms with Crippen molar-refractivity contribution in [3.8, 4) is 0 Å². The molecule has 0 aromatic rings. The molecule has 0 aromatic carbocycles. The number of hydrogen-bond acceptors (Lipinski definition) is 2. The summed E-state index contributed by atoms with van der Waals surface area (Å²) in [4.78, 5) is 11.9. The summed E-state index contributed by atoms with van der Waals surface area (Å²) in [5, 5.41) is 0. The number of ketones is 1. The third kappa shape index (κ3) is 4.90. The van der Waals surface area contributed by atoms with Gasteiger partial charge in [0.05, 0.1) is 6.54 Å². The second-order valence-corrected chi connectivity index (χ2v) is 5.10.